The number of thioether (sulfide) groups is 1. The molecule has 1 aliphatic rings. The molecule has 0 aliphatic carbocycles. The maximum absolute atomic E-state index is 13.0. The van der Waals surface area contributed by atoms with Crippen LogP contribution in [0.3, 0.4) is 0 Å². The Morgan fingerprint density at radius 2 is 1.81 bits per heavy atom. The Bertz CT molecular complexity index is 693. The lowest BCUT2D eigenvalue weighted by Crippen LogP contribution is -2.27. The predicted octanol–water partition coefficient (Wildman–Crippen LogP) is 4.91. The molecule has 0 saturated carbocycles. The van der Waals surface area contributed by atoms with Crippen LogP contribution in [0.1, 0.15) is 10.9 Å². The lowest BCUT2D eigenvalue weighted by molar-refractivity contribution is -0.115. The summed E-state index contributed by atoms with van der Waals surface area (Å²) in [5.74, 6) is 0.0735. The molecule has 0 bridgehead atoms. The molecule has 1 fully saturated rings. The number of anilines is 1. The first kappa shape index (κ1) is 14.7. The Labute approximate surface area is 135 Å². The summed E-state index contributed by atoms with van der Waals surface area (Å²) >= 11 is 13.4. The molecule has 1 heterocycles. The lowest BCUT2D eigenvalue weighted by Gasteiger charge is -2.24. The first-order chi connectivity index (χ1) is 10.1. The third-order valence-corrected chi connectivity index (χ3v) is 5.16. The zero-order valence-corrected chi connectivity index (χ0v) is 13.1. The number of rotatable bonds is 2. The molecule has 0 radical (unpaired) electrons. The summed E-state index contributed by atoms with van der Waals surface area (Å²) in [6.45, 7) is 0. The van der Waals surface area contributed by atoms with E-state index in [1.807, 2.05) is 0 Å². The van der Waals surface area contributed by atoms with E-state index in [1.165, 1.54) is 23.9 Å². The highest BCUT2D eigenvalue weighted by Crippen LogP contribution is 2.42. The summed E-state index contributed by atoms with van der Waals surface area (Å²) < 4.78 is 13.0. The van der Waals surface area contributed by atoms with Gasteiger partial charge in [-0.3, -0.25) is 9.69 Å². The van der Waals surface area contributed by atoms with Crippen LogP contribution in [0.4, 0.5) is 10.1 Å². The fourth-order valence-electron chi connectivity index (χ4n) is 2.21. The van der Waals surface area contributed by atoms with Crippen LogP contribution < -0.4 is 4.90 Å². The number of amides is 1. The second-order valence-electron chi connectivity index (χ2n) is 4.58. The molecule has 1 saturated heterocycles. The topological polar surface area (TPSA) is 20.3 Å². The molecule has 21 heavy (non-hydrogen) atoms. The summed E-state index contributed by atoms with van der Waals surface area (Å²) in [7, 11) is 0. The minimum Gasteiger partial charge on any atom is -0.295 e. The summed E-state index contributed by atoms with van der Waals surface area (Å²) in [5, 5.41) is 0.658. The van der Waals surface area contributed by atoms with Crippen molar-refractivity contribution in [2.75, 3.05) is 10.7 Å². The number of benzene rings is 2. The van der Waals surface area contributed by atoms with Gasteiger partial charge in [0.2, 0.25) is 5.91 Å². The summed E-state index contributed by atoms with van der Waals surface area (Å²) in [6.07, 6.45) is 0. The van der Waals surface area contributed by atoms with Crippen molar-refractivity contribution in [3.63, 3.8) is 0 Å². The molecular formula is C15H10Cl2FNOS. The molecule has 2 aromatic rings. The molecule has 1 atom stereocenters. The molecule has 108 valence electrons. The Morgan fingerprint density at radius 1 is 1.10 bits per heavy atom. The van der Waals surface area contributed by atoms with E-state index in [0.717, 1.165) is 5.56 Å². The number of nitrogens with zero attached hydrogens (tertiary/aromatic N) is 1. The SMILES string of the molecule is O=C1CSC(c2ccc(F)cc2)N1c1ccc(Cl)c(Cl)c1. The van der Waals surface area contributed by atoms with Crippen LogP contribution in [0.2, 0.25) is 10.0 Å². The van der Waals surface area contributed by atoms with Crippen molar-refractivity contribution in [3.05, 3.63) is 63.9 Å². The van der Waals surface area contributed by atoms with E-state index < -0.39 is 0 Å². The fourth-order valence-corrected chi connectivity index (χ4v) is 3.68. The molecule has 2 aromatic carbocycles. The van der Waals surface area contributed by atoms with Crippen LogP contribution >= 0.6 is 35.0 Å². The second-order valence-corrected chi connectivity index (χ2v) is 6.46. The van der Waals surface area contributed by atoms with Gasteiger partial charge >= 0.3 is 0 Å². The number of halogens is 3. The zero-order valence-electron chi connectivity index (χ0n) is 10.7. The minimum absolute atomic E-state index is 0.00675. The van der Waals surface area contributed by atoms with E-state index in [9.17, 15) is 9.18 Å². The maximum Gasteiger partial charge on any atom is 0.238 e. The van der Waals surface area contributed by atoms with Crippen LogP contribution in [0, 0.1) is 5.82 Å². The van der Waals surface area contributed by atoms with Gasteiger partial charge in [0, 0.05) is 5.69 Å². The van der Waals surface area contributed by atoms with Gasteiger partial charge in [-0.25, -0.2) is 4.39 Å². The number of hydrogen-bond acceptors (Lipinski definition) is 2. The zero-order chi connectivity index (χ0) is 15.0. The quantitative estimate of drug-likeness (QED) is 0.773. The molecule has 1 unspecified atom stereocenters. The third kappa shape index (κ3) is 2.89. The highest BCUT2D eigenvalue weighted by atomic mass is 35.5. The van der Waals surface area contributed by atoms with Gasteiger partial charge in [-0.15, -0.1) is 11.8 Å². The first-order valence-electron chi connectivity index (χ1n) is 6.20. The second kappa shape index (κ2) is 5.87. The fraction of sp³-hybridized carbons (Fsp3) is 0.133. The summed E-state index contributed by atoms with van der Waals surface area (Å²) in [5.41, 5.74) is 1.56. The Kier molecular flexibility index (Phi) is 4.11. The van der Waals surface area contributed by atoms with Crippen LogP contribution in [0.15, 0.2) is 42.5 Å². The van der Waals surface area contributed by atoms with E-state index in [-0.39, 0.29) is 17.1 Å². The molecule has 0 aromatic heterocycles. The highest BCUT2D eigenvalue weighted by molar-refractivity contribution is 8.00. The van der Waals surface area contributed by atoms with Gasteiger partial charge in [0.1, 0.15) is 11.2 Å². The van der Waals surface area contributed by atoms with Crippen LogP contribution in [0.5, 0.6) is 0 Å². The molecule has 2 nitrogen and oxygen atoms in total. The van der Waals surface area contributed by atoms with Gasteiger partial charge in [-0.1, -0.05) is 35.3 Å². The minimum atomic E-state index is -0.297. The van der Waals surface area contributed by atoms with Gasteiger partial charge < -0.3 is 0 Å². The molecule has 6 heteroatoms. The third-order valence-electron chi connectivity index (χ3n) is 3.20. The van der Waals surface area contributed by atoms with E-state index in [1.54, 1.807) is 35.2 Å². The highest BCUT2D eigenvalue weighted by Gasteiger charge is 2.34. The van der Waals surface area contributed by atoms with Crippen molar-refractivity contribution in [1.82, 2.24) is 0 Å². The van der Waals surface area contributed by atoms with E-state index in [0.29, 0.717) is 21.5 Å². The molecule has 3 rings (SSSR count). The number of carbonyl (C=O) groups is 1. The van der Waals surface area contributed by atoms with Crippen LogP contribution in [0.25, 0.3) is 0 Å². The van der Waals surface area contributed by atoms with Crippen molar-refractivity contribution < 1.29 is 9.18 Å². The summed E-state index contributed by atoms with van der Waals surface area (Å²) in [4.78, 5) is 13.8. The van der Waals surface area contributed by atoms with Crippen molar-refractivity contribution in [2.45, 2.75) is 5.37 Å². The Balaban J connectivity index is 1.99. The van der Waals surface area contributed by atoms with Crippen molar-refractivity contribution in [2.24, 2.45) is 0 Å². The smallest absolute Gasteiger partial charge is 0.238 e. The monoisotopic (exact) mass is 341 g/mol. The molecular weight excluding hydrogens is 332 g/mol. The number of hydrogen-bond donors (Lipinski definition) is 0. The molecule has 1 amide bonds. The van der Waals surface area contributed by atoms with Gasteiger partial charge in [0.15, 0.2) is 0 Å². The van der Waals surface area contributed by atoms with Crippen molar-refractivity contribution >= 4 is 46.6 Å². The molecule has 0 N–H and O–H groups in total. The van der Waals surface area contributed by atoms with Gasteiger partial charge in [0.25, 0.3) is 0 Å². The average molecular weight is 342 g/mol. The van der Waals surface area contributed by atoms with Crippen molar-refractivity contribution in [3.8, 4) is 0 Å². The van der Waals surface area contributed by atoms with Gasteiger partial charge in [-0.2, -0.15) is 0 Å². The Morgan fingerprint density at radius 3 is 2.48 bits per heavy atom. The lowest BCUT2D eigenvalue weighted by atomic mass is 10.2. The van der Waals surface area contributed by atoms with Crippen molar-refractivity contribution in [1.29, 1.82) is 0 Å². The van der Waals surface area contributed by atoms with E-state index in [4.69, 9.17) is 23.2 Å². The van der Waals surface area contributed by atoms with Gasteiger partial charge in [0.05, 0.1) is 15.8 Å². The van der Waals surface area contributed by atoms with Crippen LogP contribution in [-0.2, 0) is 4.79 Å². The maximum atomic E-state index is 13.0. The molecule has 1 aliphatic heterocycles. The normalized spacial score (nSPS) is 18.3. The molecule has 0 spiro atoms. The average Bonchev–Trinajstić information content (AvgIpc) is 2.85. The Hall–Kier alpha value is -1.23. The summed E-state index contributed by atoms with van der Waals surface area (Å²) in [6, 6.07) is 11.3. The van der Waals surface area contributed by atoms with Crippen LogP contribution in [-0.4, -0.2) is 11.7 Å². The van der Waals surface area contributed by atoms with E-state index >= 15 is 0 Å². The van der Waals surface area contributed by atoms with Gasteiger partial charge in [-0.05, 0) is 35.9 Å². The standard InChI is InChI=1S/C15H10Cl2FNOS/c16-12-6-5-11(7-13(12)17)19-14(20)8-21-15(19)9-1-3-10(18)4-2-9/h1-7,15H,8H2. The van der Waals surface area contributed by atoms with E-state index in [2.05, 4.69) is 0 Å². The number of carbonyl (C=O) groups excluding carboxylic acids is 1. The predicted molar refractivity (Wildman–Crippen MR) is 85.5 cm³/mol. The largest absolute Gasteiger partial charge is 0.295 e. The first-order valence-corrected chi connectivity index (χ1v) is 8.01.